The summed E-state index contributed by atoms with van der Waals surface area (Å²) >= 11 is 0. The Kier molecular flexibility index (Phi) is 5.68. The number of rotatable bonds is 4. The van der Waals surface area contributed by atoms with E-state index in [-0.39, 0.29) is 0 Å². The normalized spacial score (nSPS) is 12.0. The van der Waals surface area contributed by atoms with E-state index in [1.165, 1.54) is 5.75 Å². The molecule has 0 heterocycles. The fraction of sp³-hybridized carbons (Fsp3) is 1.00. The van der Waals surface area contributed by atoms with Crippen molar-refractivity contribution < 1.29 is 0 Å². The quantitative estimate of drug-likeness (QED) is 0.526. The first-order chi connectivity index (χ1) is 4.56. The van der Waals surface area contributed by atoms with Gasteiger partial charge in [0.25, 0.3) is 0 Å². The Bertz CT molecular complexity index is 78.2. The monoisotopic (exact) mass is 179 g/mol. The van der Waals surface area contributed by atoms with E-state index in [0.29, 0.717) is 4.75 Å². The minimum absolute atomic E-state index is 0.401. The van der Waals surface area contributed by atoms with Gasteiger partial charge in [-0.25, -0.2) is 0 Å². The fourth-order valence-corrected chi connectivity index (χ4v) is 2.65. The topological polar surface area (TPSA) is 12.0 Å². The summed E-state index contributed by atoms with van der Waals surface area (Å²) in [4.78, 5) is 0. The highest BCUT2D eigenvalue weighted by atomic mass is 33.1. The van der Waals surface area contributed by atoms with Gasteiger partial charge in [0.15, 0.2) is 0 Å². The predicted molar refractivity (Wildman–Crippen MR) is 53.7 cm³/mol. The second-order valence-electron chi connectivity index (χ2n) is 3.12. The van der Waals surface area contributed by atoms with Gasteiger partial charge >= 0.3 is 0 Å². The molecule has 0 aliphatic carbocycles. The summed E-state index contributed by atoms with van der Waals surface area (Å²) in [5.74, 6) is 1.19. The van der Waals surface area contributed by atoms with E-state index in [0.717, 1.165) is 6.54 Å². The Labute approximate surface area is 72.1 Å². The summed E-state index contributed by atoms with van der Waals surface area (Å²) in [6.45, 7) is 7.83. The van der Waals surface area contributed by atoms with Crippen molar-refractivity contribution >= 4 is 21.6 Å². The Morgan fingerprint density at radius 3 is 2.30 bits per heavy atom. The summed E-state index contributed by atoms with van der Waals surface area (Å²) in [6.07, 6.45) is 0. The second kappa shape index (κ2) is 5.33. The summed E-state index contributed by atoms with van der Waals surface area (Å²) in [5.41, 5.74) is 0. The van der Waals surface area contributed by atoms with Crippen molar-refractivity contribution in [1.29, 1.82) is 0 Å². The molecule has 0 aliphatic rings. The molecule has 10 heavy (non-hydrogen) atoms. The van der Waals surface area contributed by atoms with Crippen LogP contribution in [0.15, 0.2) is 0 Å². The fourth-order valence-electron chi connectivity index (χ4n) is 0.362. The van der Waals surface area contributed by atoms with Crippen LogP contribution in [0.1, 0.15) is 20.8 Å². The Morgan fingerprint density at radius 1 is 1.30 bits per heavy atom. The van der Waals surface area contributed by atoms with Gasteiger partial charge in [0, 0.05) is 17.0 Å². The predicted octanol–water partition coefficient (Wildman–Crippen LogP) is 2.39. The van der Waals surface area contributed by atoms with Crippen LogP contribution in [0, 0.1) is 0 Å². The lowest BCUT2D eigenvalue weighted by atomic mass is 10.3. The van der Waals surface area contributed by atoms with Crippen LogP contribution < -0.4 is 5.32 Å². The molecule has 0 aliphatic heterocycles. The molecule has 0 amide bonds. The SMILES string of the molecule is CNCCSSC(C)(C)C. The van der Waals surface area contributed by atoms with Gasteiger partial charge in [-0.3, -0.25) is 0 Å². The number of hydrogen-bond acceptors (Lipinski definition) is 3. The molecule has 62 valence electrons. The van der Waals surface area contributed by atoms with Crippen molar-refractivity contribution in [2.75, 3.05) is 19.3 Å². The van der Waals surface area contributed by atoms with Crippen LogP contribution in [0.5, 0.6) is 0 Å². The van der Waals surface area contributed by atoms with E-state index in [1.807, 2.05) is 28.6 Å². The lowest BCUT2D eigenvalue weighted by molar-refractivity contribution is 0.810. The highest BCUT2D eigenvalue weighted by molar-refractivity contribution is 8.77. The zero-order valence-electron chi connectivity index (χ0n) is 7.23. The summed E-state index contributed by atoms with van der Waals surface area (Å²) in [7, 11) is 5.88. The van der Waals surface area contributed by atoms with Crippen molar-refractivity contribution in [2.45, 2.75) is 25.5 Å². The van der Waals surface area contributed by atoms with Gasteiger partial charge in [-0.1, -0.05) is 42.4 Å². The largest absolute Gasteiger partial charge is 0.319 e. The molecule has 0 aromatic rings. The highest BCUT2D eigenvalue weighted by Gasteiger charge is 2.09. The maximum Gasteiger partial charge on any atom is 0.0179 e. The van der Waals surface area contributed by atoms with Gasteiger partial charge in [-0.15, -0.1) is 0 Å². The van der Waals surface area contributed by atoms with Gasteiger partial charge in [-0.05, 0) is 7.05 Å². The van der Waals surface area contributed by atoms with Crippen LogP contribution in [0.3, 0.4) is 0 Å². The minimum Gasteiger partial charge on any atom is -0.319 e. The zero-order chi connectivity index (χ0) is 8.04. The van der Waals surface area contributed by atoms with Crippen LogP contribution >= 0.6 is 21.6 Å². The molecule has 0 spiro atoms. The molecular weight excluding hydrogens is 162 g/mol. The van der Waals surface area contributed by atoms with Gasteiger partial charge in [0.1, 0.15) is 0 Å². The molecule has 0 saturated heterocycles. The maximum absolute atomic E-state index is 3.12. The van der Waals surface area contributed by atoms with E-state index in [1.54, 1.807) is 0 Å². The maximum atomic E-state index is 3.12. The van der Waals surface area contributed by atoms with Gasteiger partial charge in [0.05, 0.1) is 0 Å². The molecule has 0 radical (unpaired) electrons. The van der Waals surface area contributed by atoms with Gasteiger partial charge in [-0.2, -0.15) is 0 Å². The molecule has 0 fully saturated rings. The molecule has 1 N–H and O–H groups in total. The van der Waals surface area contributed by atoms with Crippen LogP contribution in [-0.2, 0) is 0 Å². The van der Waals surface area contributed by atoms with E-state index < -0.39 is 0 Å². The van der Waals surface area contributed by atoms with E-state index in [9.17, 15) is 0 Å². The van der Waals surface area contributed by atoms with Crippen LogP contribution in [0.25, 0.3) is 0 Å². The molecule has 0 rings (SSSR count). The van der Waals surface area contributed by atoms with E-state index in [4.69, 9.17) is 0 Å². The first-order valence-corrected chi connectivity index (χ1v) is 5.83. The molecule has 0 aromatic heterocycles. The molecule has 1 nitrogen and oxygen atoms in total. The Balaban J connectivity index is 3.04. The summed E-state index contributed by atoms with van der Waals surface area (Å²) in [5, 5.41) is 3.12. The number of nitrogens with one attached hydrogen (secondary N) is 1. The first kappa shape index (κ1) is 10.7. The van der Waals surface area contributed by atoms with Gasteiger partial charge < -0.3 is 5.32 Å². The van der Waals surface area contributed by atoms with Crippen molar-refractivity contribution in [3.05, 3.63) is 0 Å². The van der Waals surface area contributed by atoms with Crippen molar-refractivity contribution in [1.82, 2.24) is 5.32 Å². The highest BCUT2D eigenvalue weighted by Crippen LogP contribution is 2.34. The average molecular weight is 179 g/mol. The van der Waals surface area contributed by atoms with Crippen molar-refractivity contribution in [3.8, 4) is 0 Å². The van der Waals surface area contributed by atoms with Crippen molar-refractivity contribution in [3.63, 3.8) is 0 Å². The van der Waals surface area contributed by atoms with Crippen LogP contribution in [-0.4, -0.2) is 24.1 Å². The Morgan fingerprint density at radius 2 is 1.90 bits per heavy atom. The smallest absolute Gasteiger partial charge is 0.0179 e. The third-order valence-electron chi connectivity index (χ3n) is 0.744. The van der Waals surface area contributed by atoms with Crippen molar-refractivity contribution in [2.24, 2.45) is 0 Å². The van der Waals surface area contributed by atoms with Crippen LogP contribution in [0.4, 0.5) is 0 Å². The number of hydrogen-bond donors (Lipinski definition) is 1. The van der Waals surface area contributed by atoms with E-state index >= 15 is 0 Å². The Hall–Kier alpha value is 0.660. The minimum atomic E-state index is 0.401. The second-order valence-corrected chi connectivity index (χ2v) is 6.36. The van der Waals surface area contributed by atoms with E-state index in [2.05, 4.69) is 26.1 Å². The molecular formula is C7H17NS2. The van der Waals surface area contributed by atoms with Gasteiger partial charge in [0.2, 0.25) is 0 Å². The molecule has 0 bridgehead atoms. The molecule has 0 unspecified atom stereocenters. The summed E-state index contributed by atoms with van der Waals surface area (Å²) in [6, 6.07) is 0. The molecule has 0 saturated carbocycles. The lowest BCUT2D eigenvalue weighted by Crippen LogP contribution is -2.10. The average Bonchev–Trinajstić information content (AvgIpc) is 1.78. The lowest BCUT2D eigenvalue weighted by Gasteiger charge is -2.15. The molecule has 0 atom stereocenters. The summed E-state index contributed by atoms with van der Waals surface area (Å²) < 4.78 is 0.401. The third kappa shape index (κ3) is 8.66. The molecule has 3 heteroatoms. The zero-order valence-corrected chi connectivity index (χ0v) is 8.86. The third-order valence-corrected chi connectivity index (χ3v) is 4.09. The molecule has 0 aromatic carbocycles. The van der Waals surface area contributed by atoms with Crippen LogP contribution in [0.2, 0.25) is 0 Å². The standard InChI is InChI=1S/C7H17NS2/c1-7(2,3)10-9-6-5-8-4/h8H,5-6H2,1-4H3. The first-order valence-electron chi connectivity index (χ1n) is 3.51.